The SMILES string of the molecule is O=C(/C=C/c1ccc(OC(CCC2=CCCCC2)C(=O)O)cc1)c1ccccc1. The number of hydrogen-bond donors (Lipinski definition) is 1. The van der Waals surface area contributed by atoms with Crippen molar-refractivity contribution in [3.05, 3.63) is 83.4 Å². The van der Waals surface area contributed by atoms with Gasteiger partial charge in [-0.05, 0) is 62.3 Å². The average molecular weight is 390 g/mol. The Balaban J connectivity index is 1.56. The summed E-state index contributed by atoms with van der Waals surface area (Å²) in [6.07, 6.45) is 10.4. The molecular formula is C25H26O4. The summed E-state index contributed by atoms with van der Waals surface area (Å²) in [5, 5.41) is 9.48. The molecule has 1 atom stereocenters. The van der Waals surface area contributed by atoms with Gasteiger partial charge in [0.1, 0.15) is 5.75 Å². The zero-order valence-corrected chi connectivity index (χ0v) is 16.4. The van der Waals surface area contributed by atoms with Crippen LogP contribution in [0, 0.1) is 0 Å². The minimum absolute atomic E-state index is 0.0612. The van der Waals surface area contributed by atoms with Crippen molar-refractivity contribution in [2.75, 3.05) is 0 Å². The molecule has 4 nitrogen and oxygen atoms in total. The van der Waals surface area contributed by atoms with E-state index in [1.54, 1.807) is 30.3 Å². The first-order valence-electron chi connectivity index (χ1n) is 10.1. The normalized spacial score (nSPS) is 15.0. The van der Waals surface area contributed by atoms with Crippen molar-refractivity contribution in [3.63, 3.8) is 0 Å². The summed E-state index contributed by atoms with van der Waals surface area (Å²) in [7, 11) is 0. The number of ketones is 1. The fraction of sp³-hybridized carbons (Fsp3) is 0.280. The highest BCUT2D eigenvalue weighted by Crippen LogP contribution is 2.23. The second-order valence-corrected chi connectivity index (χ2v) is 7.22. The van der Waals surface area contributed by atoms with E-state index in [1.807, 2.05) is 30.3 Å². The first kappa shape index (κ1) is 20.6. The van der Waals surface area contributed by atoms with Crippen LogP contribution in [0.25, 0.3) is 6.08 Å². The van der Waals surface area contributed by atoms with Crippen molar-refractivity contribution in [1.29, 1.82) is 0 Å². The Morgan fingerprint density at radius 2 is 1.79 bits per heavy atom. The van der Waals surface area contributed by atoms with Gasteiger partial charge in [-0.15, -0.1) is 0 Å². The lowest BCUT2D eigenvalue weighted by atomic mass is 9.95. The van der Waals surface area contributed by atoms with Gasteiger partial charge >= 0.3 is 5.97 Å². The van der Waals surface area contributed by atoms with Crippen LogP contribution >= 0.6 is 0 Å². The minimum atomic E-state index is -0.946. The summed E-state index contributed by atoms with van der Waals surface area (Å²) < 4.78 is 5.70. The van der Waals surface area contributed by atoms with Gasteiger partial charge in [0, 0.05) is 5.56 Å². The third-order valence-corrected chi connectivity index (χ3v) is 5.03. The highest BCUT2D eigenvalue weighted by atomic mass is 16.5. The number of aliphatic carboxylic acids is 1. The Morgan fingerprint density at radius 3 is 2.45 bits per heavy atom. The van der Waals surface area contributed by atoms with Crippen molar-refractivity contribution in [1.82, 2.24) is 0 Å². The maximum absolute atomic E-state index is 12.1. The van der Waals surface area contributed by atoms with E-state index in [4.69, 9.17) is 4.74 Å². The van der Waals surface area contributed by atoms with Gasteiger partial charge in [0.05, 0.1) is 0 Å². The zero-order chi connectivity index (χ0) is 20.5. The number of carboxylic acid groups (broad SMARTS) is 1. The first-order chi connectivity index (χ1) is 14.1. The molecule has 0 saturated heterocycles. The van der Waals surface area contributed by atoms with Gasteiger partial charge in [-0.25, -0.2) is 4.79 Å². The van der Waals surface area contributed by atoms with E-state index in [0.29, 0.717) is 17.7 Å². The molecule has 0 spiro atoms. The molecule has 0 bridgehead atoms. The van der Waals surface area contributed by atoms with Gasteiger partial charge in [-0.1, -0.05) is 60.2 Å². The summed E-state index contributed by atoms with van der Waals surface area (Å²) in [4.78, 5) is 23.7. The Morgan fingerprint density at radius 1 is 1.03 bits per heavy atom. The molecule has 2 aromatic carbocycles. The summed E-state index contributed by atoms with van der Waals surface area (Å²) in [6.45, 7) is 0. The van der Waals surface area contributed by atoms with Crippen LogP contribution in [0.2, 0.25) is 0 Å². The van der Waals surface area contributed by atoms with E-state index in [1.165, 1.54) is 24.5 Å². The van der Waals surface area contributed by atoms with Gasteiger partial charge in [-0.2, -0.15) is 0 Å². The molecule has 0 heterocycles. The van der Waals surface area contributed by atoms with E-state index in [2.05, 4.69) is 6.08 Å². The second kappa shape index (κ2) is 10.4. The van der Waals surface area contributed by atoms with Crippen molar-refractivity contribution in [2.24, 2.45) is 0 Å². The summed E-state index contributed by atoms with van der Waals surface area (Å²) >= 11 is 0. The molecular weight excluding hydrogens is 364 g/mol. The average Bonchev–Trinajstić information content (AvgIpc) is 2.77. The topological polar surface area (TPSA) is 63.6 Å². The van der Waals surface area contributed by atoms with Crippen LogP contribution in [0.4, 0.5) is 0 Å². The number of rotatable bonds is 9. The van der Waals surface area contributed by atoms with Gasteiger partial charge in [0.15, 0.2) is 11.9 Å². The summed E-state index contributed by atoms with van der Waals surface area (Å²) in [5.41, 5.74) is 2.83. The van der Waals surface area contributed by atoms with Gasteiger partial charge < -0.3 is 9.84 Å². The Labute approximate surface area is 171 Å². The Kier molecular flexibility index (Phi) is 7.40. The number of allylic oxidation sites excluding steroid dienone is 3. The Hall–Kier alpha value is -3.14. The third-order valence-electron chi connectivity index (χ3n) is 5.03. The molecule has 1 aliphatic carbocycles. The van der Waals surface area contributed by atoms with Crippen LogP contribution in [0.1, 0.15) is 54.4 Å². The zero-order valence-electron chi connectivity index (χ0n) is 16.4. The lowest BCUT2D eigenvalue weighted by Crippen LogP contribution is -2.27. The summed E-state index contributed by atoms with van der Waals surface area (Å²) in [6, 6.07) is 16.2. The smallest absolute Gasteiger partial charge is 0.344 e. The fourth-order valence-electron chi connectivity index (χ4n) is 3.37. The Bertz CT molecular complexity index is 879. The van der Waals surface area contributed by atoms with Crippen LogP contribution < -0.4 is 4.74 Å². The number of benzene rings is 2. The maximum atomic E-state index is 12.1. The first-order valence-corrected chi connectivity index (χ1v) is 10.1. The maximum Gasteiger partial charge on any atom is 0.344 e. The summed E-state index contributed by atoms with van der Waals surface area (Å²) in [5.74, 6) is -0.491. The molecule has 4 heteroatoms. The lowest BCUT2D eigenvalue weighted by Gasteiger charge is -2.18. The molecule has 150 valence electrons. The molecule has 1 aliphatic rings. The van der Waals surface area contributed by atoms with Crippen LogP contribution in [0.3, 0.4) is 0 Å². The van der Waals surface area contributed by atoms with E-state index in [-0.39, 0.29) is 5.78 Å². The number of carboxylic acids is 1. The largest absolute Gasteiger partial charge is 0.479 e. The van der Waals surface area contributed by atoms with Crippen molar-refractivity contribution in [3.8, 4) is 5.75 Å². The standard InChI is InChI=1S/C25H26O4/c26-23(21-9-5-2-6-10-21)17-13-20-11-15-22(16-12-20)29-24(25(27)28)18-14-19-7-3-1-4-8-19/h2,5-7,9-13,15-17,24H,1,3-4,8,14,18H2,(H,27,28)/b17-13+. The molecule has 0 fully saturated rings. The lowest BCUT2D eigenvalue weighted by molar-refractivity contribution is -0.145. The molecule has 1 N–H and O–H groups in total. The monoisotopic (exact) mass is 390 g/mol. The van der Waals surface area contributed by atoms with Gasteiger partial charge in [0.25, 0.3) is 0 Å². The van der Waals surface area contributed by atoms with Crippen molar-refractivity contribution in [2.45, 2.75) is 44.6 Å². The predicted molar refractivity (Wildman–Crippen MR) is 114 cm³/mol. The van der Waals surface area contributed by atoms with E-state index in [9.17, 15) is 14.7 Å². The number of carbonyl (C=O) groups excluding carboxylic acids is 1. The van der Waals surface area contributed by atoms with E-state index >= 15 is 0 Å². The molecule has 29 heavy (non-hydrogen) atoms. The molecule has 2 aromatic rings. The molecule has 3 rings (SSSR count). The number of carbonyl (C=O) groups is 2. The molecule has 0 saturated carbocycles. The van der Waals surface area contributed by atoms with Gasteiger partial charge in [0.2, 0.25) is 0 Å². The molecule has 0 amide bonds. The molecule has 1 unspecified atom stereocenters. The van der Waals surface area contributed by atoms with Crippen molar-refractivity contribution >= 4 is 17.8 Å². The van der Waals surface area contributed by atoms with Crippen molar-refractivity contribution < 1.29 is 19.4 Å². The molecule has 0 aliphatic heterocycles. The predicted octanol–water partition coefficient (Wildman–Crippen LogP) is 5.70. The van der Waals surface area contributed by atoms with Crippen LogP contribution in [-0.2, 0) is 4.79 Å². The third kappa shape index (κ3) is 6.46. The highest BCUT2D eigenvalue weighted by Gasteiger charge is 2.20. The fourth-order valence-corrected chi connectivity index (χ4v) is 3.37. The minimum Gasteiger partial charge on any atom is -0.479 e. The van der Waals surface area contributed by atoms with E-state index < -0.39 is 12.1 Å². The van der Waals surface area contributed by atoms with Crippen LogP contribution in [0.5, 0.6) is 5.75 Å². The molecule has 0 aromatic heterocycles. The van der Waals surface area contributed by atoms with Crippen LogP contribution in [-0.4, -0.2) is 23.0 Å². The van der Waals surface area contributed by atoms with E-state index in [0.717, 1.165) is 24.8 Å². The van der Waals surface area contributed by atoms with Gasteiger partial charge in [-0.3, -0.25) is 4.79 Å². The second-order valence-electron chi connectivity index (χ2n) is 7.22. The number of ether oxygens (including phenoxy) is 1. The number of hydrogen-bond acceptors (Lipinski definition) is 3. The van der Waals surface area contributed by atoms with Crippen LogP contribution in [0.15, 0.2) is 72.3 Å². The highest BCUT2D eigenvalue weighted by molar-refractivity contribution is 6.06. The quantitative estimate of drug-likeness (QED) is 0.339. The molecule has 0 radical (unpaired) electrons.